The summed E-state index contributed by atoms with van der Waals surface area (Å²) in [6.45, 7) is 4.46. The zero-order chi connectivity index (χ0) is 30.8. The van der Waals surface area contributed by atoms with E-state index < -0.39 is 0 Å². The van der Waals surface area contributed by atoms with E-state index in [1.807, 2.05) is 59.1 Å². The Balaban J connectivity index is 1.19. The van der Waals surface area contributed by atoms with Gasteiger partial charge in [-0.25, -0.2) is 15.0 Å². The molecule has 1 amide bonds. The summed E-state index contributed by atoms with van der Waals surface area (Å²) in [6, 6.07) is 31.5. The quantitative estimate of drug-likeness (QED) is 0.180. The summed E-state index contributed by atoms with van der Waals surface area (Å²) in [7, 11) is 0. The number of pyridine rings is 1. The van der Waals surface area contributed by atoms with Crippen molar-refractivity contribution in [1.29, 1.82) is 0 Å². The maximum atomic E-state index is 13.0. The van der Waals surface area contributed by atoms with Crippen molar-refractivity contribution < 1.29 is 4.79 Å². The van der Waals surface area contributed by atoms with Gasteiger partial charge in [0, 0.05) is 35.4 Å². The van der Waals surface area contributed by atoms with Gasteiger partial charge in [0.15, 0.2) is 0 Å². The van der Waals surface area contributed by atoms with Gasteiger partial charge < -0.3 is 10.6 Å². The lowest BCUT2D eigenvalue weighted by atomic mass is 10.0. The standard InChI is InChI=1S/C36H32ClN7O/c1-2-43-21-8-13-31(43)24-15-17-26(18-16-24)40-36-38-20-19-30(41-36)34-33(42-32-14-5-6-22-44(32)34)25-9-7-10-27(23-25)39-35(45)28-11-3-4-12-29(28)37/h3-7,9-12,14-20,22-23,31H,2,8,13,21H2,1H3,(H,39,45)(H,38,40,41). The number of fused-ring (bicyclic) bond motifs is 1. The molecule has 1 aliphatic heterocycles. The number of nitrogens with one attached hydrogen (secondary N) is 2. The number of nitrogens with zero attached hydrogens (tertiary/aromatic N) is 5. The number of benzene rings is 3. The van der Waals surface area contributed by atoms with Gasteiger partial charge in [0.25, 0.3) is 5.91 Å². The van der Waals surface area contributed by atoms with Gasteiger partial charge >= 0.3 is 0 Å². The van der Waals surface area contributed by atoms with E-state index in [1.54, 1.807) is 30.5 Å². The number of carbonyl (C=O) groups is 1. The van der Waals surface area contributed by atoms with Crippen LogP contribution < -0.4 is 10.6 Å². The zero-order valence-corrected chi connectivity index (χ0v) is 25.6. The summed E-state index contributed by atoms with van der Waals surface area (Å²) in [5, 5.41) is 6.75. The van der Waals surface area contributed by atoms with E-state index in [2.05, 4.69) is 51.7 Å². The second kappa shape index (κ2) is 12.5. The van der Waals surface area contributed by atoms with Crippen LogP contribution in [-0.2, 0) is 0 Å². The Kier molecular flexibility index (Phi) is 7.98. The molecule has 0 aliphatic carbocycles. The van der Waals surface area contributed by atoms with Crippen molar-refractivity contribution in [2.45, 2.75) is 25.8 Å². The van der Waals surface area contributed by atoms with Crippen molar-refractivity contribution in [3.05, 3.63) is 126 Å². The summed E-state index contributed by atoms with van der Waals surface area (Å²) >= 11 is 6.26. The molecule has 4 heterocycles. The normalized spacial score (nSPS) is 14.9. The molecule has 1 atom stereocenters. The van der Waals surface area contributed by atoms with Crippen molar-refractivity contribution in [3.8, 4) is 22.6 Å². The number of anilines is 3. The monoisotopic (exact) mass is 613 g/mol. The smallest absolute Gasteiger partial charge is 0.257 e. The molecule has 6 aromatic rings. The number of halogens is 1. The molecule has 2 N–H and O–H groups in total. The van der Waals surface area contributed by atoms with Crippen molar-refractivity contribution in [1.82, 2.24) is 24.3 Å². The highest BCUT2D eigenvalue weighted by molar-refractivity contribution is 6.34. The summed E-state index contributed by atoms with van der Waals surface area (Å²) in [6.07, 6.45) is 6.17. The average molecular weight is 614 g/mol. The lowest BCUT2D eigenvalue weighted by molar-refractivity contribution is 0.102. The van der Waals surface area contributed by atoms with Crippen LogP contribution in [0.1, 0.15) is 41.7 Å². The summed E-state index contributed by atoms with van der Waals surface area (Å²) in [5.41, 5.74) is 7.21. The number of hydrogen-bond donors (Lipinski definition) is 2. The Morgan fingerprint density at radius 1 is 0.933 bits per heavy atom. The first-order valence-corrected chi connectivity index (χ1v) is 15.5. The topological polar surface area (TPSA) is 87.5 Å². The fourth-order valence-electron chi connectivity index (χ4n) is 6.08. The number of amides is 1. The summed E-state index contributed by atoms with van der Waals surface area (Å²) < 4.78 is 2.02. The maximum Gasteiger partial charge on any atom is 0.257 e. The highest BCUT2D eigenvalue weighted by Crippen LogP contribution is 2.35. The highest BCUT2D eigenvalue weighted by atomic mass is 35.5. The molecule has 0 radical (unpaired) electrons. The number of aromatic nitrogens is 4. The first-order valence-electron chi connectivity index (χ1n) is 15.2. The minimum atomic E-state index is -0.279. The third-order valence-corrected chi connectivity index (χ3v) is 8.59. The highest BCUT2D eigenvalue weighted by Gasteiger charge is 2.24. The van der Waals surface area contributed by atoms with Crippen LogP contribution in [0.15, 0.2) is 109 Å². The lowest BCUT2D eigenvalue weighted by Gasteiger charge is -2.23. The van der Waals surface area contributed by atoms with Crippen LogP contribution >= 0.6 is 11.6 Å². The summed E-state index contributed by atoms with van der Waals surface area (Å²) in [5.74, 6) is 0.215. The lowest BCUT2D eigenvalue weighted by Crippen LogP contribution is -2.22. The largest absolute Gasteiger partial charge is 0.324 e. The molecule has 9 heteroatoms. The number of rotatable bonds is 8. The minimum absolute atomic E-state index is 0.279. The van der Waals surface area contributed by atoms with E-state index in [4.69, 9.17) is 21.6 Å². The molecule has 1 saturated heterocycles. The van der Waals surface area contributed by atoms with Gasteiger partial charge in [0.05, 0.1) is 27.7 Å². The van der Waals surface area contributed by atoms with Gasteiger partial charge in [-0.3, -0.25) is 14.1 Å². The van der Waals surface area contributed by atoms with Gasteiger partial charge in [0.2, 0.25) is 5.95 Å². The molecule has 3 aromatic heterocycles. The van der Waals surface area contributed by atoms with Crippen LogP contribution in [0.2, 0.25) is 5.02 Å². The Labute approximate surface area is 266 Å². The number of imidazole rings is 1. The third kappa shape index (κ3) is 5.90. The van der Waals surface area contributed by atoms with E-state index in [9.17, 15) is 4.79 Å². The van der Waals surface area contributed by atoms with Crippen LogP contribution in [0.5, 0.6) is 0 Å². The second-order valence-electron chi connectivity index (χ2n) is 11.1. The van der Waals surface area contributed by atoms with Crippen molar-refractivity contribution >= 4 is 40.5 Å². The number of hydrogen-bond acceptors (Lipinski definition) is 6. The Hall–Kier alpha value is -5.05. The predicted octanol–water partition coefficient (Wildman–Crippen LogP) is 8.26. The van der Waals surface area contributed by atoms with Gasteiger partial charge in [-0.2, -0.15) is 0 Å². The van der Waals surface area contributed by atoms with Crippen molar-refractivity contribution in [2.75, 3.05) is 23.7 Å². The van der Waals surface area contributed by atoms with E-state index in [1.165, 1.54) is 18.4 Å². The molecule has 1 unspecified atom stereocenters. The molecule has 1 fully saturated rings. The molecule has 224 valence electrons. The number of likely N-dealkylation sites (tertiary alicyclic amines) is 1. The second-order valence-corrected chi connectivity index (χ2v) is 11.5. The fourth-order valence-corrected chi connectivity index (χ4v) is 6.30. The molecule has 45 heavy (non-hydrogen) atoms. The van der Waals surface area contributed by atoms with Gasteiger partial charge in [-0.05, 0) is 86.1 Å². The number of carbonyl (C=O) groups excluding carboxylic acids is 1. The predicted molar refractivity (Wildman–Crippen MR) is 180 cm³/mol. The van der Waals surface area contributed by atoms with Crippen molar-refractivity contribution in [3.63, 3.8) is 0 Å². The van der Waals surface area contributed by atoms with Crippen LogP contribution in [0.25, 0.3) is 28.3 Å². The molecule has 0 bridgehead atoms. The molecule has 1 aliphatic rings. The van der Waals surface area contributed by atoms with Crippen LogP contribution in [0.3, 0.4) is 0 Å². The molecule has 0 spiro atoms. The maximum absolute atomic E-state index is 13.0. The van der Waals surface area contributed by atoms with E-state index in [0.29, 0.717) is 34.0 Å². The van der Waals surface area contributed by atoms with E-state index in [0.717, 1.165) is 41.4 Å². The average Bonchev–Trinajstić information content (AvgIpc) is 3.71. The first kappa shape index (κ1) is 28.7. The summed E-state index contributed by atoms with van der Waals surface area (Å²) in [4.78, 5) is 29.9. The Morgan fingerprint density at radius 2 is 1.78 bits per heavy atom. The van der Waals surface area contributed by atoms with Crippen molar-refractivity contribution in [2.24, 2.45) is 0 Å². The zero-order valence-electron chi connectivity index (χ0n) is 24.8. The van der Waals surface area contributed by atoms with Gasteiger partial charge in [0.1, 0.15) is 5.65 Å². The van der Waals surface area contributed by atoms with Crippen LogP contribution in [-0.4, -0.2) is 43.2 Å². The molecule has 0 saturated carbocycles. The molecule has 7 rings (SSSR count). The van der Waals surface area contributed by atoms with Crippen LogP contribution in [0.4, 0.5) is 17.3 Å². The van der Waals surface area contributed by atoms with Crippen LogP contribution in [0, 0.1) is 0 Å². The molecular formula is C36H32ClN7O. The SMILES string of the molecule is CCN1CCCC1c1ccc(Nc2nccc(-c3c(-c4cccc(NC(=O)c5ccccc5Cl)c4)nc4ccccn34)n2)cc1. The Morgan fingerprint density at radius 3 is 2.62 bits per heavy atom. The first-order chi connectivity index (χ1) is 22.1. The molecule has 3 aromatic carbocycles. The van der Waals surface area contributed by atoms with Gasteiger partial charge in [-0.1, -0.05) is 61.0 Å². The molecular weight excluding hydrogens is 582 g/mol. The fraction of sp³-hybridized carbons (Fsp3) is 0.167. The van der Waals surface area contributed by atoms with E-state index >= 15 is 0 Å². The Bertz CT molecular complexity index is 1990. The van der Waals surface area contributed by atoms with Gasteiger partial charge in [-0.15, -0.1) is 0 Å². The minimum Gasteiger partial charge on any atom is -0.324 e. The third-order valence-electron chi connectivity index (χ3n) is 8.26. The van der Waals surface area contributed by atoms with E-state index in [-0.39, 0.29) is 5.91 Å². The molecule has 8 nitrogen and oxygen atoms in total.